The maximum atomic E-state index is 13.7. The van der Waals surface area contributed by atoms with Gasteiger partial charge >= 0.3 is 0 Å². The number of fused-ring (bicyclic) bond motifs is 3. The van der Waals surface area contributed by atoms with E-state index in [1.54, 1.807) is 12.1 Å². The van der Waals surface area contributed by atoms with E-state index in [0.29, 0.717) is 11.9 Å². The van der Waals surface area contributed by atoms with E-state index in [1.165, 1.54) is 31.2 Å². The first-order valence-corrected chi connectivity index (χ1v) is 10.3. The molecule has 5 nitrogen and oxygen atoms in total. The van der Waals surface area contributed by atoms with Crippen LogP contribution < -0.4 is 10.3 Å². The monoisotopic (exact) mass is 386 g/mol. The van der Waals surface area contributed by atoms with E-state index in [4.69, 9.17) is 0 Å². The first-order valence-electron chi connectivity index (χ1n) is 8.82. The van der Waals surface area contributed by atoms with Gasteiger partial charge in [0.1, 0.15) is 5.82 Å². The molecule has 1 aromatic heterocycles. The molecule has 0 bridgehead atoms. The summed E-state index contributed by atoms with van der Waals surface area (Å²) in [5, 5.41) is 0.753. The number of nitrogens with one attached hydrogen (secondary N) is 2. The van der Waals surface area contributed by atoms with Crippen molar-refractivity contribution in [1.82, 2.24) is 4.98 Å². The molecule has 0 amide bonds. The highest BCUT2D eigenvalue weighted by molar-refractivity contribution is 7.92. The minimum atomic E-state index is -3.89. The van der Waals surface area contributed by atoms with Crippen LogP contribution in [0.1, 0.15) is 29.5 Å². The maximum absolute atomic E-state index is 13.7. The molecule has 140 valence electrons. The summed E-state index contributed by atoms with van der Waals surface area (Å²) in [4.78, 5) is 15.2. The van der Waals surface area contributed by atoms with Crippen molar-refractivity contribution in [2.45, 2.75) is 37.5 Å². The van der Waals surface area contributed by atoms with Gasteiger partial charge in [0, 0.05) is 22.0 Å². The molecule has 0 saturated carbocycles. The summed E-state index contributed by atoms with van der Waals surface area (Å²) in [6, 6.07) is 8.92. The van der Waals surface area contributed by atoms with E-state index >= 15 is 0 Å². The van der Waals surface area contributed by atoms with Gasteiger partial charge in [0.25, 0.3) is 15.6 Å². The summed E-state index contributed by atoms with van der Waals surface area (Å²) in [7, 11) is -3.89. The molecule has 0 unspecified atom stereocenters. The fraction of sp³-hybridized carbons (Fsp3) is 0.250. The minimum Gasteiger partial charge on any atom is -0.322 e. The highest BCUT2D eigenvalue weighted by Gasteiger charge is 2.20. The molecule has 0 spiro atoms. The van der Waals surface area contributed by atoms with E-state index in [-0.39, 0.29) is 21.7 Å². The highest BCUT2D eigenvalue weighted by atomic mass is 32.2. The first kappa shape index (κ1) is 17.7. The van der Waals surface area contributed by atoms with Gasteiger partial charge < -0.3 is 4.98 Å². The van der Waals surface area contributed by atoms with Crippen molar-refractivity contribution in [2.75, 3.05) is 4.72 Å². The van der Waals surface area contributed by atoms with Crippen LogP contribution in [0.15, 0.2) is 46.1 Å². The topological polar surface area (TPSA) is 79.0 Å². The normalized spacial score (nSPS) is 14.1. The molecule has 1 aliphatic rings. The number of hydrogen-bond acceptors (Lipinski definition) is 3. The summed E-state index contributed by atoms with van der Waals surface area (Å²) in [5.74, 6) is -0.472. The number of H-pyrrole nitrogens is 1. The number of aromatic amines is 1. The molecule has 2 N–H and O–H groups in total. The second-order valence-electron chi connectivity index (χ2n) is 6.84. The van der Waals surface area contributed by atoms with Gasteiger partial charge in [-0.25, -0.2) is 12.8 Å². The Hall–Kier alpha value is -2.67. The number of pyridine rings is 1. The molecule has 27 heavy (non-hydrogen) atoms. The first-order chi connectivity index (χ1) is 12.9. The highest BCUT2D eigenvalue weighted by Crippen LogP contribution is 2.28. The third-order valence-corrected chi connectivity index (χ3v) is 6.49. The molecule has 0 atom stereocenters. The molecule has 0 fully saturated rings. The largest absolute Gasteiger partial charge is 0.322 e. The number of aromatic nitrogens is 1. The van der Waals surface area contributed by atoms with Gasteiger partial charge in [0.2, 0.25) is 0 Å². The van der Waals surface area contributed by atoms with Crippen LogP contribution in [0.3, 0.4) is 0 Å². The number of hydrogen-bond donors (Lipinski definition) is 2. The Balaban J connectivity index is 1.82. The molecule has 0 radical (unpaired) electrons. The molecular formula is C20H19FN2O3S. The minimum absolute atomic E-state index is 0.0819. The summed E-state index contributed by atoms with van der Waals surface area (Å²) < 4.78 is 41.9. The summed E-state index contributed by atoms with van der Waals surface area (Å²) in [5.41, 5.74) is 2.65. The van der Waals surface area contributed by atoms with E-state index in [9.17, 15) is 17.6 Å². The van der Waals surface area contributed by atoms with Crippen LogP contribution in [-0.4, -0.2) is 13.4 Å². The number of benzene rings is 2. The molecule has 1 heterocycles. The Bertz CT molecular complexity index is 1220. The number of halogens is 1. The van der Waals surface area contributed by atoms with Crippen LogP contribution in [0.2, 0.25) is 0 Å². The van der Waals surface area contributed by atoms with E-state index in [1.807, 2.05) is 0 Å². The average Bonchev–Trinajstić information content (AvgIpc) is 2.65. The van der Waals surface area contributed by atoms with E-state index in [0.717, 1.165) is 35.8 Å². The maximum Gasteiger partial charge on any atom is 0.261 e. The van der Waals surface area contributed by atoms with Crippen molar-refractivity contribution < 1.29 is 12.8 Å². The number of sulfonamides is 1. The Morgan fingerprint density at radius 1 is 1.07 bits per heavy atom. The van der Waals surface area contributed by atoms with E-state index < -0.39 is 15.8 Å². The molecular weight excluding hydrogens is 367 g/mol. The van der Waals surface area contributed by atoms with Gasteiger partial charge in [0.05, 0.1) is 10.6 Å². The van der Waals surface area contributed by atoms with Gasteiger partial charge in [-0.05, 0) is 68.5 Å². The molecule has 1 aliphatic carbocycles. The van der Waals surface area contributed by atoms with Crippen molar-refractivity contribution in [3.63, 3.8) is 0 Å². The lowest BCUT2D eigenvalue weighted by Crippen LogP contribution is -2.20. The zero-order valence-corrected chi connectivity index (χ0v) is 15.6. The summed E-state index contributed by atoms with van der Waals surface area (Å²) in [6.07, 6.45) is 3.40. The van der Waals surface area contributed by atoms with Crippen LogP contribution in [0.25, 0.3) is 10.9 Å². The SMILES string of the molecule is Cc1c(F)cccc1NS(=O)(=O)c1ccc2[nH]c(=O)c3c(c2c1)CCCC3. The quantitative estimate of drug-likeness (QED) is 0.721. The zero-order valence-electron chi connectivity index (χ0n) is 14.8. The van der Waals surface area contributed by atoms with Gasteiger partial charge in [0.15, 0.2) is 0 Å². The lowest BCUT2D eigenvalue weighted by Gasteiger charge is -2.18. The summed E-state index contributed by atoms with van der Waals surface area (Å²) in [6.45, 7) is 1.52. The number of rotatable bonds is 3. The molecule has 4 rings (SSSR count). The zero-order chi connectivity index (χ0) is 19.2. The molecule has 2 aromatic carbocycles. The molecule has 0 saturated heterocycles. The third kappa shape index (κ3) is 3.12. The lowest BCUT2D eigenvalue weighted by atomic mass is 9.90. The second kappa shape index (κ2) is 6.49. The standard InChI is InChI=1S/C20H19FN2O3S/c1-12-17(21)7-4-8-18(12)23-27(25,26)13-9-10-19-16(11-13)14-5-2-3-6-15(14)20(24)22-19/h4,7-11,23H,2-3,5-6H2,1H3,(H,22,24). The van der Waals surface area contributed by atoms with Crippen molar-refractivity contribution in [3.05, 3.63) is 69.3 Å². The van der Waals surface area contributed by atoms with Gasteiger partial charge in [-0.15, -0.1) is 0 Å². The Kier molecular flexibility index (Phi) is 4.26. The van der Waals surface area contributed by atoms with Crippen molar-refractivity contribution in [1.29, 1.82) is 0 Å². The van der Waals surface area contributed by atoms with Crippen LogP contribution in [-0.2, 0) is 22.9 Å². The Morgan fingerprint density at radius 2 is 1.81 bits per heavy atom. The Morgan fingerprint density at radius 3 is 2.59 bits per heavy atom. The molecule has 3 aromatic rings. The van der Waals surface area contributed by atoms with E-state index in [2.05, 4.69) is 9.71 Å². The van der Waals surface area contributed by atoms with Crippen molar-refractivity contribution in [3.8, 4) is 0 Å². The number of aryl methyl sites for hydroxylation is 1. The predicted molar refractivity (Wildman–Crippen MR) is 103 cm³/mol. The lowest BCUT2D eigenvalue weighted by molar-refractivity contribution is 0.601. The predicted octanol–water partition coefficient (Wildman–Crippen LogP) is 3.66. The third-order valence-electron chi connectivity index (χ3n) is 5.13. The Labute approximate surface area is 156 Å². The van der Waals surface area contributed by atoms with Crippen molar-refractivity contribution in [2.24, 2.45) is 0 Å². The van der Waals surface area contributed by atoms with Gasteiger partial charge in [-0.2, -0.15) is 0 Å². The fourth-order valence-corrected chi connectivity index (χ4v) is 4.77. The van der Waals surface area contributed by atoms with Crippen LogP contribution in [0.5, 0.6) is 0 Å². The summed E-state index contributed by atoms with van der Waals surface area (Å²) >= 11 is 0. The van der Waals surface area contributed by atoms with Crippen LogP contribution >= 0.6 is 0 Å². The van der Waals surface area contributed by atoms with Crippen LogP contribution in [0.4, 0.5) is 10.1 Å². The van der Waals surface area contributed by atoms with Crippen molar-refractivity contribution >= 4 is 26.6 Å². The fourth-order valence-electron chi connectivity index (χ4n) is 3.62. The van der Waals surface area contributed by atoms with Gasteiger partial charge in [-0.3, -0.25) is 9.52 Å². The molecule has 0 aliphatic heterocycles. The van der Waals surface area contributed by atoms with Crippen LogP contribution in [0, 0.1) is 12.7 Å². The second-order valence-corrected chi connectivity index (χ2v) is 8.53. The smallest absolute Gasteiger partial charge is 0.261 e. The van der Waals surface area contributed by atoms with Gasteiger partial charge in [-0.1, -0.05) is 6.07 Å². The average molecular weight is 386 g/mol. The molecule has 7 heteroatoms. The number of anilines is 1.